The van der Waals surface area contributed by atoms with Crippen molar-refractivity contribution in [2.45, 2.75) is 18.5 Å². The maximum atomic E-state index is 2.72. The highest BCUT2D eigenvalue weighted by Crippen LogP contribution is 2.41. The van der Waals surface area contributed by atoms with Crippen molar-refractivity contribution in [2.24, 2.45) is 0 Å². The van der Waals surface area contributed by atoms with Crippen LogP contribution in [-0.4, -0.2) is 36.5 Å². The number of nitrogens with zero attached hydrogens (tertiary/aromatic N) is 2. The molecule has 2 aromatic carbocycles. The molecule has 2 aromatic rings. The highest BCUT2D eigenvalue weighted by molar-refractivity contribution is 5.36. The van der Waals surface area contributed by atoms with Crippen LogP contribution < -0.4 is 0 Å². The number of likely N-dealkylation sites (N-methyl/N-ethyl adjacent to an activating group) is 1. The molecule has 108 valence electrons. The topological polar surface area (TPSA) is 6.48 Å². The number of hydrogen-bond acceptors (Lipinski definition) is 2. The molecule has 21 heavy (non-hydrogen) atoms. The van der Waals surface area contributed by atoms with Crippen LogP contribution in [0.25, 0.3) is 0 Å². The molecule has 2 heteroatoms. The Morgan fingerprint density at radius 3 is 2.48 bits per heavy atom. The fourth-order valence-corrected chi connectivity index (χ4v) is 3.94. The fourth-order valence-electron chi connectivity index (χ4n) is 3.94. The maximum Gasteiger partial charge on any atom is 0.0484 e. The zero-order chi connectivity index (χ0) is 14.2. The van der Waals surface area contributed by atoms with Crippen LogP contribution >= 0.6 is 0 Å². The first kappa shape index (κ1) is 13.1. The van der Waals surface area contributed by atoms with Crippen LogP contribution in [0, 0.1) is 0 Å². The van der Waals surface area contributed by atoms with E-state index in [1.54, 1.807) is 0 Å². The molecule has 0 bridgehead atoms. The van der Waals surface area contributed by atoms with E-state index in [1.807, 2.05) is 0 Å². The Labute approximate surface area is 127 Å². The second-order valence-corrected chi connectivity index (χ2v) is 6.35. The van der Waals surface area contributed by atoms with Crippen molar-refractivity contribution in [3.63, 3.8) is 0 Å². The summed E-state index contributed by atoms with van der Waals surface area (Å²) < 4.78 is 0. The molecule has 2 nitrogen and oxygen atoms in total. The van der Waals surface area contributed by atoms with Gasteiger partial charge in [-0.15, -0.1) is 0 Å². The summed E-state index contributed by atoms with van der Waals surface area (Å²) in [5.41, 5.74) is 4.53. The van der Waals surface area contributed by atoms with Gasteiger partial charge in [0.15, 0.2) is 0 Å². The smallest absolute Gasteiger partial charge is 0.0484 e. The van der Waals surface area contributed by atoms with Crippen LogP contribution in [0.15, 0.2) is 54.6 Å². The lowest BCUT2D eigenvalue weighted by atomic mass is 9.84. The van der Waals surface area contributed by atoms with Gasteiger partial charge in [-0.25, -0.2) is 0 Å². The summed E-state index contributed by atoms with van der Waals surface area (Å²) in [4.78, 5) is 5.18. The van der Waals surface area contributed by atoms with Crippen molar-refractivity contribution < 1.29 is 0 Å². The van der Waals surface area contributed by atoms with Crippen LogP contribution in [0.2, 0.25) is 0 Å². The third-order valence-electron chi connectivity index (χ3n) is 5.04. The number of benzene rings is 2. The Bertz CT molecular complexity index is 622. The van der Waals surface area contributed by atoms with Crippen LogP contribution in [0.3, 0.4) is 0 Å². The van der Waals surface area contributed by atoms with E-state index >= 15 is 0 Å². The van der Waals surface area contributed by atoms with Crippen molar-refractivity contribution in [3.05, 3.63) is 71.3 Å². The van der Waals surface area contributed by atoms with Gasteiger partial charge in [-0.2, -0.15) is 0 Å². The van der Waals surface area contributed by atoms with E-state index in [9.17, 15) is 0 Å². The molecular weight excluding hydrogens is 256 g/mol. The standard InChI is InChI=1S/C19H22N2/c1-20-11-12-21-18(15-7-3-2-4-8-15)13-16-9-5-6-10-17(16)19(21)14-20/h2-10,18-19H,11-14H2,1H3. The van der Waals surface area contributed by atoms with Crippen LogP contribution in [0.1, 0.15) is 28.8 Å². The Morgan fingerprint density at radius 2 is 1.62 bits per heavy atom. The molecule has 4 rings (SSSR count). The molecule has 0 saturated carbocycles. The molecule has 0 radical (unpaired) electrons. The van der Waals surface area contributed by atoms with Gasteiger partial charge in [0.2, 0.25) is 0 Å². The lowest BCUT2D eigenvalue weighted by Crippen LogP contribution is -2.50. The monoisotopic (exact) mass is 278 g/mol. The van der Waals surface area contributed by atoms with Gasteiger partial charge in [0.05, 0.1) is 0 Å². The zero-order valence-electron chi connectivity index (χ0n) is 12.6. The van der Waals surface area contributed by atoms with Crippen molar-refractivity contribution in [3.8, 4) is 0 Å². The first-order valence-electron chi connectivity index (χ1n) is 7.90. The van der Waals surface area contributed by atoms with E-state index in [4.69, 9.17) is 0 Å². The number of fused-ring (bicyclic) bond motifs is 3. The quantitative estimate of drug-likeness (QED) is 0.790. The second kappa shape index (κ2) is 5.28. The molecule has 0 N–H and O–H groups in total. The maximum absolute atomic E-state index is 2.72. The highest BCUT2D eigenvalue weighted by Gasteiger charge is 2.37. The first-order chi connectivity index (χ1) is 10.3. The summed E-state index contributed by atoms with van der Waals surface area (Å²) >= 11 is 0. The molecule has 2 atom stereocenters. The van der Waals surface area contributed by atoms with E-state index in [1.165, 1.54) is 23.2 Å². The first-order valence-corrected chi connectivity index (χ1v) is 7.90. The zero-order valence-corrected chi connectivity index (χ0v) is 12.6. The largest absolute Gasteiger partial charge is 0.303 e. The van der Waals surface area contributed by atoms with Crippen molar-refractivity contribution in [1.82, 2.24) is 9.80 Å². The lowest BCUT2D eigenvalue weighted by Gasteiger charge is -2.48. The minimum absolute atomic E-state index is 0.528. The van der Waals surface area contributed by atoms with Crippen LogP contribution in [0.4, 0.5) is 0 Å². The van der Waals surface area contributed by atoms with Gasteiger partial charge in [-0.05, 0) is 30.2 Å². The average molecular weight is 278 g/mol. The normalized spacial score (nSPS) is 26.1. The van der Waals surface area contributed by atoms with E-state index in [0.29, 0.717) is 12.1 Å². The summed E-state index contributed by atoms with van der Waals surface area (Å²) in [6, 6.07) is 21.1. The summed E-state index contributed by atoms with van der Waals surface area (Å²) in [5, 5.41) is 0. The van der Waals surface area contributed by atoms with Gasteiger partial charge in [-0.1, -0.05) is 54.6 Å². The number of piperazine rings is 1. The van der Waals surface area contributed by atoms with Gasteiger partial charge in [-0.3, -0.25) is 4.90 Å². The Hall–Kier alpha value is -1.64. The number of rotatable bonds is 1. The minimum Gasteiger partial charge on any atom is -0.303 e. The predicted octanol–water partition coefficient (Wildman–Crippen LogP) is 3.27. The molecule has 0 aliphatic carbocycles. The summed E-state index contributed by atoms with van der Waals surface area (Å²) in [5.74, 6) is 0. The Kier molecular flexibility index (Phi) is 3.28. The van der Waals surface area contributed by atoms with Crippen molar-refractivity contribution >= 4 is 0 Å². The molecular formula is C19H22N2. The molecule has 2 unspecified atom stereocenters. The SMILES string of the molecule is CN1CCN2C(c3ccccc3)Cc3ccccc3C2C1. The molecule has 2 heterocycles. The minimum atomic E-state index is 0.528. The summed E-state index contributed by atoms with van der Waals surface area (Å²) in [6.45, 7) is 3.47. The fraction of sp³-hybridized carbons (Fsp3) is 0.368. The van der Waals surface area contributed by atoms with Gasteiger partial charge in [0.25, 0.3) is 0 Å². The van der Waals surface area contributed by atoms with E-state index < -0.39 is 0 Å². The highest BCUT2D eigenvalue weighted by atomic mass is 15.3. The molecule has 1 fully saturated rings. The Balaban J connectivity index is 1.77. The molecule has 1 saturated heterocycles. The summed E-state index contributed by atoms with van der Waals surface area (Å²) in [6.07, 6.45) is 1.14. The molecule has 0 aromatic heterocycles. The van der Waals surface area contributed by atoms with Crippen LogP contribution in [0.5, 0.6) is 0 Å². The lowest BCUT2D eigenvalue weighted by molar-refractivity contribution is 0.0404. The molecule has 2 aliphatic heterocycles. The van der Waals surface area contributed by atoms with Crippen LogP contribution in [-0.2, 0) is 6.42 Å². The molecule has 2 aliphatic rings. The number of hydrogen-bond donors (Lipinski definition) is 0. The predicted molar refractivity (Wildman–Crippen MR) is 86.3 cm³/mol. The third kappa shape index (κ3) is 2.29. The molecule has 0 spiro atoms. The van der Waals surface area contributed by atoms with Gasteiger partial charge >= 0.3 is 0 Å². The average Bonchev–Trinajstić information content (AvgIpc) is 2.55. The molecule has 0 amide bonds. The van der Waals surface area contributed by atoms with E-state index in [0.717, 1.165) is 19.5 Å². The third-order valence-corrected chi connectivity index (χ3v) is 5.04. The van der Waals surface area contributed by atoms with E-state index in [2.05, 4.69) is 71.4 Å². The van der Waals surface area contributed by atoms with Gasteiger partial charge < -0.3 is 4.90 Å². The van der Waals surface area contributed by atoms with Crippen molar-refractivity contribution in [1.29, 1.82) is 0 Å². The van der Waals surface area contributed by atoms with Gasteiger partial charge in [0, 0.05) is 31.7 Å². The summed E-state index contributed by atoms with van der Waals surface area (Å²) in [7, 11) is 2.24. The second-order valence-electron chi connectivity index (χ2n) is 6.35. The van der Waals surface area contributed by atoms with E-state index in [-0.39, 0.29) is 0 Å². The Morgan fingerprint density at radius 1 is 0.857 bits per heavy atom. The van der Waals surface area contributed by atoms with Gasteiger partial charge in [0.1, 0.15) is 0 Å². The van der Waals surface area contributed by atoms with Crippen molar-refractivity contribution in [2.75, 3.05) is 26.7 Å².